The zero-order chi connectivity index (χ0) is 11.5. The third-order valence-electron chi connectivity index (χ3n) is 3.22. The van der Waals surface area contributed by atoms with Crippen LogP contribution in [0.2, 0.25) is 0 Å². The van der Waals surface area contributed by atoms with E-state index in [1.807, 2.05) is 17.8 Å². The highest BCUT2D eigenvalue weighted by molar-refractivity contribution is 7.98. The fourth-order valence-electron chi connectivity index (χ4n) is 2.44. The maximum absolute atomic E-state index is 13.2. The normalized spacial score (nSPS) is 23.4. The molecule has 1 aliphatic carbocycles. The van der Waals surface area contributed by atoms with Crippen LogP contribution in [0, 0.1) is 11.7 Å². The number of hydrogen-bond donors (Lipinski definition) is 1. The maximum Gasteiger partial charge on any atom is 0.123 e. The Bertz CT molecular complexity index is 367. The van der Waals surface area contributed by atoms with Gasteiger partial charge in [0, 0.05) is 18.3 Å². The van der Waals surface area contributed by atoms with Gasteiger partial charge in [0.25, 0.3) is 0 Å². The molecule has 0 aliphatic heterocycles. The molecule has 0 fully saturated rings. The van der Waals surface area contributed by atoms with Crippen LogP contribution in [0.25, 0.3) is 0 Å². The molecule has 1 aromatic rings. The average molecular weight is 239 g/mol. The van der Waals surface area contributed by atoms with Crippen LogP contribution in [0.5, 0.6) is 0 Å². The van der Waals surface area contributed by atoms with Gasteiger partial charge < -0.3 is 5.32 Å². The second-order valence-corrected chi connectivity index (χ2v) is 5.43. The summed E-state index contributed by atoms with van der Waals surface area (Å²) in [7, 11) is 0. The summed E-state index contributed by atoms with van der Waals surface area (Å²) in [5.41, 5.74) is 2.46. The third kappa shape index (κ3) is 2.41. The highest BCUT2D eigenvalue weighted by atomic mass is 32.2. The van der Waals surface area contributed by atoms with Crippen LogP contribution in [-0.4, -0.2) is 18.6 Å². The van der Waals surface area contributed by atoms with Crippen molar-refractivity contribution in [1.29, 1.82) is 0 Å². The maximum atomic E-state index is 13.2. The predicted molar refractivity (Wildman–Crippen MR) is 68.4 cm³/mol. The minimum atomic E-state index is -0.121. The van der Waals surface area contributed by atoms with Gasteiger partial charge in [-0.15, -0.1) is 0 Å². The molecule has 0 spiro atoms. The third-order valence-corrected chi connectivity index (χ3v) is 3.84. The predicted octanol–water partition coefficient (Wildman–Crippen LogP) is 3.01. The summed E-state index contributed by atoms with van der Waals surface area (Å²) in [4.78, 5) is 0. The van der Waals surface area contributed by atoms with Gasteiger partial charge in [0.15, 0.2) is 0 Å². The van der Waals surface area contributed by atoms with E-state index in [1.54, 1.807) is 12.1 Å². The van der Waals surface area contributed by atoms with Crippen LogP contribution in [0.4, 0.5) is 4.39 Å². The Labute approximate surface area is 101 Å². The van der Waals surface area contributed by atoms with Crippen molar-refractivity contribution in [1.82, 2.24) is 5.32 Å². The topological polar surface area (TPSA) is 12.0 Å². The van der Waals surface area contributed by atoms with E-state index in [4.69, 9.17) is 0 Å². The van der Waals surface area contributed by atoms with E-state index in [-0.39, 0.29) is 5.82 Å². The molecule has 88 valence electrons. The van der Waals surface area contributed by atoms with Gasteiger partial charge in [-0.1, -0.05) is 13.0 Å². The highest BCUT2D eigenvalue weighted by Gasteiger charge is 2.28. The van der Waals surface area contributed by atoms with Gasteiger partial charge in [0.2, 0.25) is 0 Å². The second-order valence-electron chi connectivity index (χ2n) is 4.45. The zero-order valence-electron chi connectivity index (χ0n) is 9.79. The molecule has 2 atom stereocenters. The first kappa shape index (κ1) is 11.9. The molecule has 0 aromatic heterocycles. The number of hydrogen-bond acceptors (Lipinski definition) is 2. The molecular weight excluding hydrogens is 221 g/mol. The van der Waals surface area contributed by atoms with Crippen molar-refractivity contribution in [3.05, 3.63) is 35.1 Å². The van der Waals surface area contributed by atoms with Crippen molar-refractivity contribution < 1.29 is 4.39 Å². The summed E-state index contributed by atoms with van der Waals surface area (Å²) >= 11 is 1.83. The van der Waals surface area contributed by atoms with Gasteiger partial charge >= 0.3 is 0 Å². The van der Waals surface area contributed by atoms with E-state index >= 15 is 0 Å². The Hall–Kier alpha value is -0.540. The zero-order valence-corrected chi connectivity index (χ0v) is 10.6. The van der Waals surface area contributed by atoms with Crippen molar-refractivity contribution in [3.8, 4) is 0 Å². The summed E-state index contributed by atoms with van der Waals surface area (Å²) in [6, 6.07) is 5.51. The average Bonchev–Trinajstić information content (AvgIpc) is 2.56. The largest absolute Gasteiger partial charge is 0.309 e. The number of benzene rings is 1. The Morgan fingerprint density at radius 3 is 3.06 bits per heavy atom. The van der Waals surface area contributed by atoms with Gasteiger partial charge in [-0.3, -0.25) is 0 Å². The Balaban J connectivity index is 2.11. The van der Waals surface area contributed by atoms with Gasteiger partial charge in [0.1, 0.15) is 5.82 Å². The number of rotatable bonds is 4. The van der Waals surface area contributed by atoms with Gasteiger partial charge in [-0.2, -0.15) is 11.8 Å². The molecule has 16 heavy (non-hydrogen) atoms. The number of fused-ring (bicyclic) bond motifs is 1. The first-order valence-electron chi connectivity index (χ1n) is 5.73. The van der Waals surface area contributed by atoms with Gasteiger partial charge in [-0.05, 0) is 41.9 Å². The lowest BCUT2D eigenvalue weighted by atomic mass is 10.0. The molecular formula is C13H18FNS. The number of halogens is 1. The minimum Gasteiger partial charge on any atom is -0.309 e. The number of thioether (sulfide) groups is 1. The van der Waals surface area contributed by atoms with Crippen LogP contribution in [0.15, 0.2) is 18.2 Å². The molecule has 1 aliphatic rings. The van der Waals surface area contributed by atoms with Crippen molar-refractivity contribution in [2.45, 2.75) is 19.4 Å². The Morgan fingerprint density at radius 1 is 1.50 bits per heavy atom. The standard InChI is InChI=1S/C13H18FNS/c1-9-7-10-3-4-11(14)8-12(10)13(9)15-5-6-16-2/h3-4,8-9,13,15H,5-7H2,1-2H3. The molecule has 0 saturated carbocycles. The summed E-state index contributed by atoms with van der Waals surface area (Å²) in [5, 5.41) is 3.53. The molecule has 2 unspecified atom stereocenters. The second kappa shape index (κ2) is 5.19. The molecule has 0 saturated heterocycles. The first-order chi connectivity index (χ1) is 7.72. The summed E-state index contributed by atoms with van der Waals surface area (Å²) < 4.78 is 13.2. The SMILES string of the molecule is CSCCNC1c2cc(F)ccc2CC1C. The van der Waals surface area contributed by atoms with Crippen molar-refractivity contribution >= 4 is 11.8 Å². The Morgan fingerprint density at radius 2 is 2.31 bits per heavy atom. The van der Waals surface area contributed by atoms with E-state index in [1.165, 1.54) is 5.56 Å². The number of nitrogens with one attached hydrogen (secondary N) is 1. The molecule has 0 bridgehead atoms. The fraction of sp³-hybridized carbons (Fsp3) is 0.538. The van der Waals surface area contributed by atoms with E-state index in [0.717, 1.165) is 24.3 Å². The summed E-state index contributed by atoms with van der Waals surface area (Å²) in [6.07, 6.45) is 3.17. The van der Waals surface area contributed by atoms with Crippen molar-refractivity contribution in [3.63, 3.8) is 0 Å². The summed E-state index contributed by atoms with van der Waals surface area (Å²) in [5.74, 6) is 1.55. The summed E-state index contributed by atoms with van der Waals surface area (Å²) in [6.45, 7) is 3.22. The lowest BCUT2D eigenvalue weighted by molar-refractivity contribution is 0.426. The molecule has 1 N–H and O–H groups in total. The molecule has 0 radical (unpaired) electrons. The van der Waals surface area contributed by atoms with Crippen LogP contribution in [-0.2, 0) is 6.42 Å². The lowest BCUT2D eigenvalue weighted by Gasteiger charge is -2.18. The van der Waals surface area contributed by atoms with Gasteiger partial charge in [0.05, 0.1) is 0 Å². The molecule has 1 aromatic carbocycles. The highest BCUT2D eigenvalue weighted by Crippen LogP contribution is 2.36. The quantitative estimate of drug-likeness (QED) is 0.811. The van der Waals surface area contributed by atoms with Crippen LogP contribution < -0.4 is 5.32 Å². The van der Waals surface area contributed by atoms with Gasteiger partial charge in [-0.25, -0.2) is 4.39 Å². The smallest absolute Gasteiger partial charge is 0.123 e. The van der Waals surface area contributed by atoms with Crippen LogP contribution >= 0.6 is 11.8 Å². The van der Waals surface area contributed by atoms with E-state index < -0.39 is 0 Å². The fourth-order valence-corrected chi connectivity index (χ4v) is 2.76. The van der Waals surface area contributed by atoms with E-state index in [0.29, 0.717) is 12.0 Å². The van der Waals surface area contributed by atoms with E-state index in [2.05, 4.69) is 18.5 Å². The molecule has 1 nitrogen and oxygen atoms in total. The van der Waals surface area contributed by atoms with Crippen LogP contribution in [0.1, 0.15) is 24.1 Å². The lowest BCUT2D eigenvalue weighted by Crippen LogP contribution is -2.26. The first-order valence-corrected chi connectivity index (χ1v) is 7.12. The molecule has 0 heterocycles. The molecule has 3 heteroatoms. The molecule has 0 amide bonds. The minimum absolute atomic E-state index is 0.121. The van der Waals surface area contributed by atoms with E-state index in [9.17, 15) is 4.39 Å². The Kier molecular flexibility index (Phi) is 3.87. The van der Waals surface area contributed by atoms with Crippen LogP contribution in [0.3, 0.4) is 0 Å². The monoisotopic (exact) mass is 239 g/mol. The van der Waals surface area contributed by atoms with Crippen molar-refractivity contribution in [2.75, 3.05) is 18.6 Å². The molecule has 2 rings (SSSR count). The van der Waals surface area contributed by atoms with Crippen molar-refractivity contribution in [2.24, 2.45) is 5.92 Å².